The molecule has 0 amide bonds. The van der Waals surface area contributed by atoms with E-state index < -0.39 is 11.7 Å². The van der Waals surface area contributed by atoms with E-state index in [1.165, 1.54) is 0 Å². The zero-order chi connectivity index (χ0) is 15.5. The first-order valence-corrected chi connectivity index (χ1v) is 6.51. The number of hydrogen-bond acceptors (Lipinski definition) is 3. The maximum atomic E-state index is 12.7. The predicted octanol–water partition coefficient (Wildman–Crippen LogP) is 4.90. The van der Waals surface area contributed by atoms with Crippen LogP contribution in [-0.2, 0) is 6.18 Å². The van der Waals surface area contributed by atoms with E-state index in [4.69, 9.17) is 16.3 Å². The second kappa shape index (κ2) is 6.22. The molecule has 21 heavy (non-hydrogen) atoms. The van der Waals surface area contributed by atoms with Gasteiger partial charge in [0.25, 0.3) is 0 Å². The quantitative estimate of drug-likeness (QED) is 0.815. The average molecular weight is 317 g/mol. The molecule has 3 nitrogen and oxygen atoms in total. The standard InChI is InChI=1S/C14H12ClF3N2O/c1-2-21-11-5-3-10(4-6-11)19-13-8-9(14(16,17)18)7-12(15)20-13/h3-8H,2H2,1H3,(H,19,20). The summed E-state index contributed by atoms with van der Waals surface area (Å²) in [6.07, 6.45) is -4.47. The maximum Gasteiger partial charge on any atom is 0.416 e. The van der Waals surface area contributed by atoms with Crippen LogP contribution in [0.5, 0.6) is 5.75 Å². The van der Waals surface area contributed by atoms with E-state index in [2.05, 4.69) is 10.3 Å². The molecule has 1 aromatic carbocycles. The van der Waals surface area contributed by atoms with E-state index in [-0.39, 0.29) is 11.0 Å². The number of alkyl halides is 3. The van der Waals surface area contributed by atoms with Gasteiger partial charge in [-0.25, -0.2) is 4.98 Å². The second-order valence-corrected chi connectivity index (χ2v) is 4.53. The molecule has 1 heterocycles. The molecule has 2 aromatic rings. The van der Waals surface area contributed by atoms with E-state index in [1.807, 2.05) is 6.92 Å². The minimum Gasteiger partial charge on any atom is -0.494 e. The average Bonchev–Trinajstić information content (AvgIpc) is 2.40. The minimum atomic E-state index is -4.47. The fourth-order valence-electron chi connectivity index (χ4n) is 1.67. The Hall–Kier alpha value is -1.95. The van der Waals surface area contributed by atoms with Gasteiger partial charge in [0.1, 0.15) is 16.7 Å². The van der Waals surface area contributed by atoms with Crippen LogP contribution in [0.25, 0.3) is 0 Å². The molecule has 0 aliphatic heterocycles. The highest BCUT2D eigenvalue weighted by Crippen LogP contribution is 2.32. The lowest BCUT2D eigenvalue weighted by atomic mass is 10.2. The summed E-state index contributed by atoms with van der Waals surface area (Å²) in [5.41, 5.74) is -0.266. The highest BCUT2D eigenvalue weighted by molar-refractivity contribution is 6.29. The molecule has 0 radical (unpaired) electrons. The first kappa shape index (κ1) is 15.4. The summed E-state index contributed by atoms with van der Waals surface area (Å²) in [6, 6.07) is 8.47. The van der Waals surface area contributed by atoms with Gasteiger partial charge in [-0.3, -0.25) is 0 Å². The number of nitrogens with zero attached hydrogens (tertiary/aromatic N) is 1. The van der Waals surface area contributed by atoms with Crippen molar-refractivity contribution in [1.29, 1.82) is 0 Å². The Kier molecular flexibility index (Phi) is 4.57. The van der Waals surface area contributed by atoms with Gasteiger partial charge in [-0.2, -0.15) is 13.2 Å². The van der Waals surface area contributed by atoms with Crippen LogP contribution in [0.1, 0.15) is 12.5 Å². The van der Waals surface area contributed by atoms with Gasteiger partial charge in [0, 0.05) is 5.69 Å². The molecule has 0 unspecified atom stereocenters. The summed E-state index contributed by atoms with van der Waals surface area (Å²) in [4.78, 5) is 3.82. The number of halogens is 4. The summed E-state index contributed by atoms with van der Waals surface area (Å²) in [5, 5.41) is 2.55. The molecule has 0 atom stereocenters. The Morgan fingerprint density at radius 3 is 2.43 bits per heavy atom. The van der Waals surface area contributed by atoms with Gasteiger partial charge in [-0.15, -0.1) is 0 Å². The van der Waals surface area contributed by atoms with Gasteiger partial charge in [0.15, 0.2) is 0 Å². The number of aromatic nitrogens is 1. The number of pyridine rings is 1. The van der Waals surface area contributed by atoms with Gasteiger partial charge in [-0.1, -0.05) is 11.6 Å². The molecule has 0 aliphatic carbocycles. The van der Waals surface area contributed by atoms with E-state index in [0.717, 1.165) is 12.1 Å². The van der Waals surface area contributed by atoms with Gasteiger partial charge < -0.3 is 10.1 Å². The van der Waals surface area contributed by atoms with Crippen molar-refractivity contribution in [2.75, 3.05) is 11.9 Å². The van der Waals surface area contributed by atoms with Crippen molar-refractivity contribution in [1.82, 2.24) is 4.98 Å². The van der Waals surface area contributed by atoms with Crippen molar-refractivity contribution in [3.05, 3.63) is 47.1 Å². The zero-order valence-electron chi connectivity index (χ0n) is 11.0. The predicted molar refractivity (Wildman–Crippen MR) is 75.1 cm³/mol. The Balaban J connectivity index is 2.21. The highest BCUT2D eigenvalue weighted by atomic mass is 35.5. The number of anilines is 2. The summed E-state index contributed by atoms with van der Waals surface area (Å²) >= 11 is 5.62. The van der Waals surface area contributed by atoms with Crippen LogP contribution in [0.2, 0.25) is 5.15 Å². The van der Waals surface area contributed by atoms with Crippen molar-refractivity contribution in [3.8, 4) is 5.75 Å². The number of rotatable bonds is 4. The number of benzene rings is 1. The van der Waals surface area contributed by atoms with E-state index >= 15 is 0 Å². The number of hydrogen-bond donors (Lipinski definition) is 1. The lowest BCUT2D eigenvalue weighted by Gasteiger charge is -2.11. The Bertz CT molecular complexity index is 615. The molecule has 0 spiro atoms. The zero-order valence-corrected chi connectivity index (χ0v) is 11.8. The molecule has 1 N–H and O–H groups in total. The third kappa shape index (κ3) is 4.26. The SMILES string of the molecule is CCOc1ccc(Nc2cc(C(F)(F)F)cc(Cl)n2)cc1. The summed E-state index contributed by atoms with van der Waals surface area (Å²) in [5.74, 6) is 0.706. The Morgan fingerprint density at radius 1 is 1.19 bits per heavy atom. The van der Waals surface area contributed by atoms with Crippen LogP contribution in [0.15, 0.2) is 36.4 Å². The molecule has 7 heteroatoms. The van der Waals surface area contributed by atoms with Gasteiger partial charge in [0.2, 0.25) is 0 Å². The lowest BCUT2D eigenvalue weighted by molar-refractivity contribution is -0.137. The van der Waals surface area contributed by atoms with E-state index in [1.54, 1.807) is 24.3 Å². The largest absolute Gasteiger partial charge is 0.494 e. The fraction of sp³-hybridized carbons (Fsp3) is 0.214. The molecular weight excluding hydrogens is 305 g/mol. The molecule has 112 valence electrons. The molecule has 0 aliphatic rings. The molecular formula is C14H12ClF3N2O. The maximum absolute atomic E-state index is 12.7. The first-order valence-electron chi connectivity index (χ1n) is 6.13. The van der Waals surface area contributed by atoms with Crippen molar-refractivity contribution < 1.29 is 17.9 Å². The fourth-order valence-corrected chi connectivity index (χ4v) is 1.88. The van der Waals surface area contributed by atoms with Crippen molar-refractivity contribution in [2.45, 2.75) is 13.1 Å². The summed E-state index contributed by atoms with van der Waals surface area (Å²) in [7, 11) is 0. The molecule has 1 aromatic heterocycles. The summed E-state index contributed by atoms with van der Waals surface area (Å²) in [6.45, 7) is 2.40. The molecule has 0 bridgehead atoms. The first-order chi connectivity index (χ1) is 9.88. The Labute approximate surface area is 124 Å². The van der Waals surface area contributed by atoms with Gasteiger partial charge in [-0.05, 0) is 43.3 Å². The number of ether oxygens (including phenoxy) is 1. The van der Waals surface area contributed by atoms with Gasteiger partial charge >= 0.3 is 6.18 Å². The van der Waals surface area contributed by atoms with Crippen LogP contribution in [0.3, 0.4) is 0 Å². The second-order valence-electron chi connectivity index (χ2n) is 4.14. The highest BCUT2D eigenvalue weighted by Gasteiger charge is 2.31. The lowest BCUT2D eigenvalue weighted by Crippen LogP contribution is -2.06. The van der Waals surface area contributed by atoms with Crippen LogP contribution < -0.4 is 10.1 Å². The van der Waals surface area contributed by atoms with Crippen LogP contribution >= 0.6 is 11.6 Å². The molecule has 0 saturated carbocycles. The summed E-state index contributed by atoms with van der Waals surface area (Å²) < 4.78 is 43.4. The van der Waals surface area contributed by atoms with E-state index in [9.17, 15) is 13.2 Å². The molecule has 2 rings (SSSR count). The third-order valence-electron chi connectivity index (χ3n) is 2.56. The van der Waals surface area contributed by atoms with Crippen LogP contribution in [-0.4, -0.2) is 11.6 Å². The van der Waals surface area contributed by atoms with Crippen molar-refractivity contribution >= 4 is 23.1 Å². The van der Waals surface area contributed by atoms with Gasteiger partial charge in [0.05, 0.1) is 12.2 Å². The number of nitrogens with one attached hydrogen (secondary N) is 1. The smallest absolute Gasteiger partial charge is 0.416 e. The van der Waals surface area contributed by atoms with Crippen molar-refractivity contribution in [3.63, 3.8) is 0 Å². The van der Waals surface area contributed by atoms with Crippen LogP contribution in [0.4, 0.5) is 24.7 Å². The molecule has 0 fully saturated rings. The monoisotopic (exact) mass is 316 g/mol. The van der Waals surface area contributed by atoms with Crippen molar-refractivity contribution in [2.24, 2.45) is 0 Å². The van der Waals surface area contributed by atoms with E-state index in [0.29, 0.717) is 18.0 Å². The third-order valence-corrected chi connectivity index (χ3v) is 2.75. The Morgan fingerprint density at radius 2 is 1.86 bits per heavy atom. The minimum absolute atomic E-state index is 0.0268. The molecule has 0 saturated heterocycles. The van der Waals surface area contributed by atoms with Crippen LogP contribution in [0, 0.1) is 0 Å². The topological polar surface area (TPSA) is 34.1 Å². The normalized spacial score (nSPS) is 11.3.